The summed E-state index contributed by atoms with van der Waals surface area (Å²) < 4.78 is 63.6. The van der Waals surface area contributed by atoms with Gasteiger partial charge in [-0.15, -0.1) is 13.2 Å². The van der Waals surface area contributed by atoms with E-state index in [0.29, 0.717) is 6.20 Å². The molecule has 0 radical (unpaired) electrons. The topological polar surface area (TPSA) is 62.6 Å². The molecule has 0 saturated carbocycles. The zero-order valence-corrected chi connectivity index (χ0v) is 8.00. The lowest BCUT2D eigenvalue weighted by Gasteiger charge is -2.14. The van der Waals surface area contributed by atoms with Gasteiger partial charge in [0.05, 0.1) is 18.4 Å². The highest BCUT2D eigenvalue weighted by Gasteiger charge is 2.33. The number of nitrogens with zero attached hydrogens (tertiary/aromatic N) is 1. The van der Waals surface area contributed by atoms with Gasteiger partial charge >= 0.3 is 6.36 Å². The third-order valence-corrected chi connectivity index (χ3v) is 1.74. The number of pyridine rings is 1. The van der Waals surface area contributed by atoms with E-state index in [2.05, 4.69) is 9.72 Å². The van der Waals surface area contributed by atoms with Gasteiger partial charge < -0.3 is 14.9 Å². The van der Waals surface area contributed by atoms with Crippen molar-refractivity contribution in [2.24, 2.45) is 0 Å². The largest absolute Gasteiger partial charge is 0.573 e. The Labute approximate surface area is 91.3 Å². The molecule has 1 aromatic rings. The Morgan fingerprint density at radius 3 is 2.35 bits per heavy atom. The molecule has 1 rings (SSSR count). The number of aliphatic hydroxyl groups excluding tert-OH is 1. The van der Waals surface area contributed by atoms with E-state index in [9.17, 15) is 27.1 Å². The van der Waals surface area contributed by atoms with Gasteiger partial charge in [-0.25, -0.2) is 13.8 Å². The highest BCUT2D eigenvalue weighted by Crippen LogP contribution is 2.36. The molecule has 0 amide bonds. The summed E-state index contributed by atoms with van der Waals surface area (Å²) in [6, 6.07) is 0. The smallest absolute Gasteiger partial charge is 0.505 e. The molecule has 2 N–H and O–H groups in total. The minimum absolute atomic E-state index is 0.361. The van der Waals surface area contributed by atoms with Gasteiger partial charge in [0, 0.05) is 0 Å². The van der Waals surface area contributed by atoms with Gasteiger partial charge in [0.2, 0.25) is 0 Å². The number of alkyl halides is 5. The second-order valence-electron chi connectivity index (χ2n) is 2.84. The molecular weight excluding hydrogens is 253 g/mol. The molecule has 96 valence electrons. The number of ether oxygens (including phenoxy) is 1. The maximum Gasteiger partial charge on any atom is 0.573 e. The zero-order valence-electron chi connectivity index (χ0n) is 8.00. The van der Waals surface area contributed by atoms with Crippen molar-refractivity contribution in [3.8, 4) is 11.5 Å². The Morgan fingerprint density at radius 2 is 1.94 bits per heavy atom. The van der Waals surface area contributed by atoms with E-state index in [1.54, 1.807) is 0 Å². The lowest BCUT2D eigenvalue weighted by atomic mass is 10.2. The fraction of sp³-hybridized carbons (Fsp3) is 0.375. The van der Waals surface area contributed by atoms with E-state index in [0.717, 1.165) is 0 Å². The van der Waals surface area contributed by atoms with Crippen LogP contribution in [0.1, 0.15) is 17.7 Å². The van der Waals surface area contributed by atoms with Crippen molar-refractivity contribution in [3.05, 3.63) is 17.5 Å². The van der Waals surface area contributed by atoms with E-state index in [4.69, 9.17) is 5.11 Å². The Balaban J connectivity index is 3.21. The van der Waals surface area contributed by atoms with Gasteiger partial charge in [0.15, 0.2) is 11.5 Å². The average molecular weight is 259 g/mol. The SMILES string of the molecule is OCc1c(OC(F)(F)F)cnc(C(F)F)c1O. The Morgan fingerprint density at radius 1 is 1.35 bits per heavy atom. The molecule has 0 atom stereocenters. The molecule has 1 aromatic heterocycles. The van der Waals surface area contributed by atoms with Crippen LogP contribution in [0.5, 0.6) is 11.5 Å². The second-order valence-corrected chi connectivity index (χ2v) is 2.84. The number of aromatic hydroxyl groups is 1. The maximum atomic E-state index is 12.2. The second kappa shape index (κ2) is 4.70. The molecule has 0 saturated heterocycles. The van der Waals surface area contributed by atoms with Crippen molar-refractivity contribution >= 4 is 0 Å². The van der Waals surface area contributed by atoms with E-state index in [1.807, 2.05) is 0 Å². The summed E-state index contributed by atoms with van der Waals surface area (Å²) in [6.07, 6.45) is -7.90. The van der Waals surface area contributed by atoms with Crippen LogP contribution >= 0.6 is 0 Å². The van der Waals surface area contributed by atoms with Crippen LogP contribution in [0, 0.1) is 0 Å². The third kappa shape index (κ3) is 3.16. The fourth-order valence-electron chi connectivity index (χ4n) is 1.06. The Hall–Kier alpha value is -1.64. The first-order valence-electron chi connectivity index (χ1n) is 4.11. The van der Waals surface area contributed by atoms with Crippen molar-refractivity contribution in [1.82, 2.24) is 4.98 Å². The average Bonchev–Trinajstić information content (AvgIpc) is 2.15. The number of hydrogen-bond donors (Lipinski definition) is 2. The summed E-state index contributed by atoms with van der Waals surface area (Å²) in [4.78, 5) is 2.93. The first-order chi connectivity index (χ1) is 7.76. The first-order valence-corrected chi connectivity index (χ1v) is 4.11. The van der Waals surface area contributed by atoms with Crippen LogP contribution in [0.15, 0.2) is 6.20 Å². The number of aliphatic hydroxyl groups is 1. The predicted octanol–water partition coefficient (Wildman–Crippen LogP) is 2.12. The van der Waals surface area contributed by atoms with Crippen LogP contribution < -0.4 is 4.74 Å². The van der Waals surface area contributed by atoms with Crippen LogP contribution in [0.3, 0.4) is 0 Å². The zero-order chi connectivity index (χ0) is 13.2. The van der Waals surface area contributed by atoms with Crippen LogP contribution in [-0.4, -0.2) is 21.6 Å². The summed E-state index contributed by atoms with van der Waals surface area (Å²) >= 11 is 0. The van der Waals surface area contributed by atoms with Crippen molar-refractivity contribution in [2.45, 2.75) is 19.4 Å². The molecule has 1 heterocycles. The third-order valence-electron chi connectivity index (χ3n) is 1.74. The molecule has 0 aliphatic heterocycles. The Kier molecular flexibility index (Phi) is 3.71. The predicted molar refractivity (Wildman–Crippen MR) is 43.5 cm³/mol. The monoisotopic (exact) mass is 259 g/mol. The Bertz CT molecular complexity index is 407. The molecule has 17 heavy (non-hydrogen) atoms. The lowest BCUT2D eigenvalue weighted by Crippen LogP contribution is -2.18. The van der Waals surface area contributed by atoms with Gasteiger partial charge in [-0.1, -0.05) is 0 Å². The molecule has 4 nitrogen and oxygen atoms in total. The molecule has 0 aliphatic carbocycles. The van der Waals surface area contributed by atoms with Crippen LogP contribution in [0.25, 0.3) is 0 Å². The van der Waals surface area contributed by atoms with Crippen molar-refractivity contribution in [1.29, 1.82) is 0 Å². The number of hydrogen-bond acceptors (Lipinski definition) is 4. The van der Waals surface area contributed by atoms with Crippen LogP contribution in [0.4, 0.5) is 22.0 Å². The van der Waals surface area contributed by atoms with Gasteiger partial charge in [0.25, 0.3) is 6.43 Å². The number of halogens is 5. The molecule has 0 unspecified atom stereocenters. The molecule has 0 aliphatic rings. The quantitative estimate of drug-likeness (QED) is 0.816. The van der Waals surface area contributed by atoms with E-state index < -0.39 is 42.2 Å². The van der Waals surface area contributed by atoms with E-state index in [1.165, 1.54) is 0 Å². The van der Waals surface area contributed by atoms with Crippen LogP contribution in [-0.2, 0) is 6.61 Å². The molecule has 0 fully saturated rings. The van der Waals surface area contributed by atoms with Crippen molar-refractivity contribution < 1.29 is 36.9 Å². The molecule has 0 spiro atoms. The van der Waals surface area contributed by atoms with Crippen molar-refractivity contribution in [2.75, 3.05) is 0 Å². The van der Waals surface area contributed by atoms with E-state index in [-0.39, 0.29) is 0 Å². The van der Waals surface area contributed by atoms with E-state index >= 15 is 0 Å². The molecule has 0 aromatic carbocycles. The maximum absolute atomic E-state index is 12.2. The minimum atomic E-state index is -5.08. The van der Waals surface area contributed by atoms with Crippen LogP contribution in [0.2, 0.25) is 0 Å². The minimum Gasteiger partial charge on any atom is -0.505 e. The highest BCUT2D eigenvalue weighted by molar-refractivity contribution is 5.45. The van der Waals surface area contributed by atoms with Gasteiger partial charge in [-0.3, -0.25) is 0 Å². The highest BCUT2D eigenvalue weighted by atomic mass is 19.4. The van der Waals surface area contributed by atoms with Crippen molar-refractivity contribution in [3.63, 3.8) is 0 Å². The molecule has 0 bridgehead atoms. The van der Waals surface area contributed by atoms with Gasteiger partial charge in [-0.05, 0) is 0 Å². The summed E-state index contributed by atoms with van der Waals surface area (Å²) in [7, 11) is 0. The summed E-state index contributed by atoms with van der Waals surface area (Å²) in [6.45, 7) is -1.10. The lowest BCUT2D eigenvalue weighted by molar-refractivity contribution is -0.275. The fourth-order valence-corrected chi connectivity index (χ4v) is 1.06. The van der Waals surface area contributed by atoms with Gasteiger partial charge in [0.1, 0.15) is 5.69 Å². The molecule has 9 heteroatoms. The normalized spacial score (nSPS) is 11.9. The summed E-state index contributed by atoms with van der Waals surface area (Å²) in [5.74, 6) is -2.24. The standard InChI is InChI=1S/C8H6F5NO3/c9-7(10)5-6(16)3(2-15)4(1-14-5)17-8(11,12)13/h1,7,15-16H,2H2. The molecular formula is C8H6F5NO3. The number of rotatable bonds is 3. The van der Waals surface area contributed by atoms with Gasteiger partial charge in [-0.2, -0.15) is 0 Å². The summed E-state index contributed by atoms with van der Waals surface area (Å²) in [5, 5.41) is 17.9. The first kappa shape index (κ1) is 13.4. The number of aromatic nitrogens is 1. The summed E-state index contributed by atoms with van der Waals surface area (Å²) in [5.41, 5.74) is -1.92.